The molecule has 0 aliphatic carbocycles. The van der Waals surface area contributed by atoms with E-state index in [9.17, 15) is 13.6 Å². The summed E-state index contributed by atoms with van der Waals surface area (Å²) >= 11 is 0. The van der Waals surface area contributed by atoms with Gasteiger partial charge in [0.05, 0.1) is 18.4 Å². The summed E-state index contributed by atoms with van der Waals surface area (Å²) in [5.41, 5.74) is 6.62. The zero-order valence-corrected chi connectivity index (χ0v) is 11.2. The van der Waals surface area contributed by atoms with Crippen molar-refractivity contribution in [1.29, 1.82) is 0 Å². The topological polar surface area (TPSA) is 61.5 Å². The van der Waals surface area contributed by atoms with Crippen molar-refractivity contribution in [2.75, 3.05) is 12.8 Å². The van der Waals surface area contributed by atoms with E-state index >= 15 is 0 Å². The number of halogens is 2. The van der Waals surface area contributed by atoms with Gasteiger partial charge in [-0.2, -0.15) is 0 Å². The van der Waals surface area contributed by atoms with E-state index in [4.69, 9.17) is 10.5 Å². The summed E-state index contributed by atoms with van der Waals surface area (Å²) in [7, 11) is 1.26. The number of hydrogen-bond donors (Lipinski definition) is 1. The Hall–Kier alpha value is -2.63. The highest BCUT2D eigenvalue weighted by atomic mass is 19.1. The summed E-state index contributed by atoms with van der Waals surface area (Å²) in [5.74, 6) is -1.67. The van der Waals surface area contributed by atoms with Crippen molar-refractivity contribution >= 4 is 11.7 Å². The second kappa shape index (κ2) is 6.21. The van der Waals surface area contributed by atoms with Crippen LogP contribution in [0.3, 0.4) is 0 Å². The van der Waals surface area contributed by atoms with Gasteiger partial charge in [-0.3, -0.25) is 0 Å². The first-order chi connectivity index (χ1) is 9.99. The van der Waals surface area contributed by atoms with Crippen LogP contribution in [0.25, 0.3) is 0 Å². The van der Waals surface area contributed by atoms with Gasteiger partial charge in [-0.15, -0.1) is 0 Å². The molecule has 0 aliphatic heterocycles. The number of nitrogens with two attached hydrogens (primary N) is 1. The monoisotopic (exact) mass is 293 g/mol. The fourth-order valence-corrected chi connectivity index (χ4v) is 1.76. The van der Waals surface area contributed by atoms with Gasteiger partial charge >= 0.3 is 5.97 Å². The van der Waals surface area contributed by atoms with Crippen LogP contribution in [0.1, 0.15) is 15.9 Å². The zero-order chi connectivity index (χ0) is 15.4. The molecule has 0 spiro atoms. The Labute approximate surface area is 120 Å². The van der Waals surface area contributed by atoms with Crippen LogP contribution in [0.2, 0.25) is 0 Å². The second-order valence-corrected chi connectivity index (χ2v) is 4.31. The molecule has 2 N–H and O–H groups in total. The number of nitrogen functional groups attached to an aromatic ring is 1. The van der Waals surface area contributed by atoms with Gasteiger partial charge in [0, 0.05) is 6.07 Å². The highest BCUT2D eigenvalue weighted by molar-refractivity contribution is 5.90. The minimum atomic E-state index is -0.690. The lowest BCUT2D eigenvalue weighted by atomic mass is 10.2. The van der Waals surface area contributed by atoms with Gasteiger partial charge in [-0.25, -0.2) is 13.6 Å². The third-order valence-electron chi connectivity index (χ3n) is 2.75. The molecule has 0 saturated carbocycles. The SMILES string of the molecule is COC(=O)c1ccc(N)c(OCc2cc(F)cc(F)c2)c1. The van der Waals surface area contributed by atoms with E-state index in [0.29, 0.717) is 11.3 Å². The molecule has 0 bridgehead atoms. The number of anilines is 1. The van der Waals surface area contributed by atoms with E-state index in [2.05, 4.69) is 4.74 Å². The highest BCUT2D eigenvalue weighted by Crippen LogP contribution is 2.24. The van der Waals surface area contributed by atoms with Crippen LogP contribution >= 0.6 is 0 Å². The molecule has 2 aromatic carbocycles. The van der Waals surface area contributed by atoms with Crippen LogP contribution in [-0.4, -0.2) is 13.1 Å². The summed E-state index contributed by atoms with van der Waals surface area (Å²) in [6.07, 6.45) is 0. The molecule has 0 radical (unpaired) electrons. The Morgan fingerprint density at radius 3 is 2.43 bits per heavy atom. The van der Waals surface area contributed by atoms with Gasteiger partial charge in [0.1, 0.15) is 24.0 Å². The summed E-state index contributed by atoms with van der Waals surface area (Å²) in [5, 5.41) is 0. The van der Waals surface area contributed by atoms with Crippen molar-refractivity contribution in [2.24, 2.45) is 0 Å². The summed E-state index contributed by atoms with van der Waals surface area (Å²) in [6, 6.07) is 7.49. The summed E-state index contributed by atoms with van der Waals surface area (Å²) < 4.78 is 36.1. The molecule has 0 amide bonds. The molecule has 4 nitrogen and oxygen atoms in total. The number of methoxy groups -OCH3 is 1. The van der Waals surface area contributed by atoms with Gasteiger partial charge in [0.2, 0.25) is 0 Å². The second-order valence-electron chi connectivity index (χ2n) is 4.31. The number of carbonyl (C=O) groups is 1. The van der Waals surface area contributed by atoms with E-state index in [-0.39, 0.29) is 17.9 Å². The molecule has 0 fully saturated rings. The third-order valence-corrected chi connectivity index (χ3v) is 2.75. The maximum Gasteiger partial charge on any atom is 0.337 e. The van der Waals surface area contributed by atoms with Crippen molar-refractivity contribution in [3.05, 3.63) is 59.2 Å². The molecule has 0 aliphatic rings. The third kappa shape index (κ3) is 3.68. The quantitative estimate of drug-likeness (QED) is 0.695. The standard InChI is InChI=1S/C15H13F2NO3/c1-20-15(19)10-2-3-13(18)14(6-10)21-8-9-4-11(16)7-12(17)5-9/h2-7H,8,18H2,1H3. The molecule has 0 saturated heterocycles. The van der Waals surface area contributed by atoms with Crippen molar-refractivity contribution in [3.8, 4) is 5.75 Å². The molecule has 2 rings (SSSR count). The lowest BCUT2D eigenvalue weighted by molar-refractivity contribution is 0.0600. The van der Waals surface area contributed by atoms with Crippen LogP contribution in [-0.2, 0) is 11.3 Å². The summed E-state index contributed by atoms with van der Waals surface area (Å²) in [6.45, 7) is -0.0799. The fourth-order valence-electron chi connectivity index (χ4n) is 1.76. The molecule has 2 aromatic rings. The molecule has 0 aromatic heterocycles. The van der Waals surface area contributed by atoms with Crippen molar-refractivity contribution in [2.45, 2.75) is 6.61 Å². The van der Waals surface area contributed by atoms with Crippen molar-refractivity contribution in [1.82, 2.24) is 0 Å². The van der Waals surface area contributed by atoms with Gasteiger partial charge < -0.3 is 15.2 Å². The van der Waals surface area contributed by atoms with E-state index in [1.807, 2.05) is 0 Å². The number of rotatable bonds is 4. The first-order valence-corrected chi connectivity index (χ1v) is 6.05. The van der Waals surface area contributed by atoms with Crippen molar-refractivity contribution in [3.63, 3.8) is 0 Å². The summed E-state index contributed by atoms with van der Waals surface area (Å²) in [4.78, 5) is 11.4. The smallest absolute Gasteiger partial charge is 0.337 e. The molecule has 0 heterocycles. The fraction of sp³-hybridized carbons (Fsp3) is 0.133. The molecular formula is C15H13F2NO3. The van der Waals surface area contributed by atoms with E-state index in [1.165, 1.54) is 25.3 Å². The predicted molar refractivity (Wildman–Crippen MR) is 72.9 cm³/mol. The Balaban J connectivity index is 2.17. The van der Waals surface area contributed by atoms with Gasteiger partial charge in [-0.05, 0) is 35.9 Å². The van der Waals surface area contributed by atoms with Gasteiger partial charge in [0.25, 0.3) is 0 Å². The zero-order valence-electron chi connectivity index (χ0n) is 11.2. The Morgan fingerprint density at radius 1 is 1.14 bits per heavy atom. The van der Waals surface area contributed by atoms with E-state index < -0.39 is 17.6 Å². The lowest BCUT2D eigenvalue weighted by Crippen LogP contribution is -2.04. The Kier molecular flexibility index (Phi) is 4.37. The average Bonchev–Trinajstić information content (AvgIpc) is 2.44. The highest BCUT2D eigenvalue weighted by Gasteiger charge is 2.10. The molecule has 0 atom stereocenters. The van der Waals surface area contributed by atoms with Gasteiger partial charge in [0.15, 0.2) is 0 Å². The molecule has 21 heavy (non-hydrogen) atoms. The largest absolute Gasteiger partial charge is 0.487 e. The number of hydrogen-bond acceptors (Lipinski definition) is 4. The first-order valence-electron chi connectivity index (χ1n) is 6.05. The van der Waals surface area contributed by atoms with E-state index in [1.54, 1.807) is 0 Å². The molecule has 0 unspecified atom stereocenters. The Morgan fingerprint density at radius 2 is 1.81 bits per heavy atom. The maximum absolute atomic E-state index is 13.1. The normalized spacial score (nSPS) is 10.2. The van der Waals surface area contributed by atoms with Crippen LogP contribution in [0, 0.1) is 11.6 Å². The van der Waals surface area contributed by atoms with Crippen LogP contribution < -0.4 is 10.5 Å². The lowest BCUT2D eigenvalue weighted by Gasteiger charge is -2.10. The minimum Gasteiger partial charge on any atom is -0.487 e. The Bertz CT molecular complexity index is 654. The van der Waals surface area contributed by atoms with E-state index in [0.717, 1.165) is 18.2 Å². The minimum absolute atomic E-state index is 0.0799. The maximum atomic E-state index is 13.1. The van der Waals surface area contributed by atoms with Crippen molar-refractivity contribution < 1.29 is 23.0 Å². The average molecular weight is 293 g/mol. The van der Waals surface area contributed by atoms with Crippen LogP contribution in [0.5, 0.6) is 5.75 Å². The molecule has 110 valence electrons. The molecule has 6 heteroatoms. The van der Waals surface area contributed by atoms with Gasteiger partial charge in [-0.1, -0.05) is 0 Å². The van der Waals surface area contributed by atoms with Crippen LogP contribution in [0.15, 0.2) is 36.4 Å². The first kappa shape index (κ1) is 14.8. The predicted octanol–water partition coefficient (Wildman–Crippen LogP) is 2.91. The number of benzene rings is 2. The van der Waals surface area contributed by atoms with Crippen LogP contribution in [0.4, 0.5) is 14.5 Å². The number of carbonyl (C=O) groups excluding carboxylic acids is 1. The molecular weight excluding hydrogens is 280 g/mol. The number of esters is 1. The number of ether oxygens (including phenoxy) is 2.